The van der Waals surface area contributed by atoms with Crippen molar-refractivity contribution in [2.75, 3.05) is 18.5 Å². The van der Waals surface area contributed by atoms with Crippen molar-refractivity contribution >= 4 is 28.6 Å². The van der Waals surface area contributed by atoms with E-state index in [0.29, 0.717) is 24.0 Å². The van der Waals surface area contributed by atoms with Crippen molar-refractivity contribution in [3.63, 3.8) is 0 Å². The lowest BCUT2D eigenvalue weighted by Crippen LogP contribution is -2.15. The van der Waals surface area contributed by atoms with Gasteiger partial charge in [-0.3, -0.25) is 0 Å². The molecule has 100 valence electrons. The zero-order valence-corrected chi connectivity index (χ0v) is 12.1. The number of benzene rings is 1. The van der Waals surface area contributed by atoms with Crippen LogP contribution in [0.5, 0.6) is 11.5 Å². The van der Waals surface area contributed by atoms with Gasteiger partial charge in [0.05, 0.1) is 10.7 Å². The lowest BCUT2D eigenvalue weighted by molar-refractivity contribution is 0.171. The highest BCUT2D eigenvalue weighted by Crippen LogP contribution is 2.38. The number of halogens is 1. The molecule has 0 unspecified atom stereocenters. The minimum absolute atomic E-state index is 0.574. The monoisotopic (exact) mass is 295 g/mol. The van der Waals surface area contributed by atoms with Gasteiger partial charge in [0, 0.05) is 23.6 Å². The van der Waals surface area contributed by atoms with E-state index in [1.807, 2.05) is 6.07 Å². The van der Waals surface area contributed by atoms with Gasteiger partial charge < -0.3 is 14.8 Å². The van der Waals surface area contributed by atoms with Crippen molar-refractivity contribution in [2.24, 2.45) is 0 Å². The second-order valence-corrected chi connectivity index (χ2v) is 5.76. The fourth-order valence-corrected chi connectivity index (χ4v) is 3.03. The topological polar surface area (TPSA) is 30.5 Å². The zero-order valence-electron chi connectivity index (χ0n) is 10.5. The van der Waals surface area contributed by atoms with Gasteiger partial charge in [0.1, 0.15) is 13.2 Å². The normalized spacial score (nSPS) is 13.4. The van der Waals surface area contributed by atoms with Crippen LogP contribution < -0.4 is 14.8 Å². The lowest BCUT2D eigenvalue weighted by atomic mass is 10.2. The predicted octanol–water partition coefficient (Wildman–Crippen LogP) is 4.09. The van der Waals surface area contributed by atoms with Crippen molar-refractivity contribution in [1.29, 1.82) is 0 Å². The van der Waals surface area contributed by atoms with Gasteiger partial charge in [-0.25, -0.2) is 0 Å². The van der Waals surface area contributed by atoms with Gasteiger partial charge >= 0.3 is 0 Å². The van der Waals surface area contributed by atoms with Crippen LogP contribution in [0.2, 0.25) is 5.02 Å². The van der Waals surface area contributed by atoms with Crippen molar-refractivity contribution in [1.82, 2.24) is 0 Å². The molecule has 5 heteroatoms. The first kappa shape index (κ1) is 12.6. The Bertz CT molecular complexity index is 597. The molecule has 0 radical (unpaired) electrons. The average Bonchev–Trinajstić information content (AvgIpc) is 2.82. The molecule has 0 amide bonds. The smallest absolute Gasteiger partial charge is 0.163 e. The third kappa shape index (κ3) is 2.65. The van der Waals surface area contributed by atoms with Crippen molar-refractivity contribution < 1.29 is 9.47 Å². The third-order valence-electron chi connectivity index (χ3n) is 3.04. The van der Waals surface area contributed by atoms with E-state index in [2.05, 4.69) is 23.7 Å². The van der Waals surface area contributed by atoms with E-state index in [4.69, 9.17) is 21.1 Å². The number of hydrogen-bond donors (Lipinski definition) is 1. The van der Waals surface area contributed by atoms with E-state index in [1.54, 1.807) is 17.4 Å². The Morgan fingerprint density at radius 1 is 1.26 bits per heavy atom. The van der Waals surface area contributed by atoms with Gasteiger partial charge in [0.2, 0.25) is 0 Å². The maximum atomic E-state index is 6.25. The van der Waals surface area contributed by atoms with Crippen LogP contribution in [0.25, 0.3) is 0 Å². The van der Waals surface area contributed by atoms with E-state index in [9.17, 15) is 0 Å². The SMILES string of the molecule is Cc1ccsc1CNc1cc2c(cc1Cl)OCCO2. The summed E-state index contributed by atoms with van der Waals surface area (Å²) in [6.45, 7) is 4.03. The number of thiophene rings is 1. The van der Waals surface area contributed by atoms with E-state index in [-0.39, 0.29) is 0 Å². The highest BCUT2D eigenvalue weighted by Gasteiger charge is 2.15. The van der Waals surface area contributed by atoms with Crippen molar-refractivity contribution in [2.45, 2.75) is 13.5 Å². The molecule has 1 aliphatic rings. The summed E-state index contributed by atoms with van der Waals surface area (Å²) in [6, 6.07) is 5.83. The molecule has 3 nitrogen and oxygen atoms in total. The number of ether oxygens (including phenoxy) is 2. The Labute approximate surface area is 121 Å². The van der Waals surface area contributed by atoms with Crippen LogP contribution in [0, 0.1) is 6.92 Å². The summed E-state index contributed by atoms with van der Waals surface area (Å²) in [5.74, 6) is 1.47. The minimum atomic E-state index is 0.574. The summed E-state index contributed by atoms with van der Waals surface area (Å²) in [4.78, 5) is 1.31. The standard InChI is InChI=1S/C14H14ClNO2S/c1-9-2-5-19-14(9)8-16-11-7-13-12(6-10(11)15)17-3-4-18-13/h2,5-7,16H,3-4,8H2,1H3. The third-order valence-corrected chi connectivity index (χ3v) is 4.38. The molecule has 0 saturated carbocycles. The van der Waals surface area contributed by atoms with Crippen LogP contribution in [0.4, 0.5) is 5.69 Å². The molecule has 0 spiro atoms. The Kier molecular flexibility index (Phi) is 3.53. The summed E-state index contributed by atoms with van der Waals surface area (Å²) in [6.07, 6.45) is 0. The van der Waals surface area contributed by atoms with E-state index in [0.717, 1.165) is 18.0 Å². The summed E-state index contributed by atoms with van der Waals surface area (Å²) in [7, 11) is 0. The Hall–Kier alpha value is -1.39. The molecule has 1 N–H and O–H groups in total. The van der Waals surface area contributed by atoms with Crippen molar-refractivity contribution in [3.8, 4) is 11.5 Å². The fraction of sp³-hybridized carbons (Fsp3) is 0.286. The fourth-order valence-electron chi connectivity index (χ4n) is 1.96. The first-order valence-corrected chi connectivity index (χ1v) is 7.36. The van der Waals surface area contributed by atoms with E-state index in [1.165, 1.54) is 10.4 Å². The number of nitrogens with one attached hydrogen (secondary N) is 1. The van der Waals surface area contributed by atoms with Crippen LogP contribution in [-0.2, 0) is 6.54 Å². The largest absolute Gasteiger partial charge is 0.486 e. The number of rotatable bonds is 3. The molecule has 0 atom stereocenters. The van der Waals surface area contributed by atoms with E-state index < -0.39 is 0 Å². The number of fused-ring (bicyclic) bond motifs is 1. The van der Waals surface area contributed by atoms with Gasteiger partial charge in [0.15, 0.2) is 11.5 Å². The van der Waals surface area contributed by atoms with Gasteiger partial charge in [0.25, 0.3) is 0 Å². The average molecular weight is 296 g/mol. The van der Waals surface area contributed by atoms with Crippen molar-refractivity contribution in [3.05, 3.63) is 39.0 Å². The molecule has 19 heavy (non-hydrogen) atoms. The van der Waals surface area contributed by atoms with Crippen LogP contribution in [0.15, 0.2) is 23.6 Å². The maximum Gasteiger partial charge on any atom is 0.163 e. The second kappa shape index (κ2) is 5.31. The Morgan fingerprint density at radius 2 is 2.00 bits per heavy atom. The highest BCUT2D eigenvalue weighted by atomic mass is 35.5. The number of anilines is 1. The highest BCUT2D eigenvalue weighted by molar-refractivity contribution is 7.10. The summed E-state index contributed by atoms with van der Waals surface area (Å²) in [5, 5.41) is 6.10. The first-order chi connectivity index (χ1) is 9.24. The Balaban J connectivity index is 1.79. The van der Waals surface area contributed by atoms with Gasteiger partial charge in [-0.2, -0.15) is 0 Å². The van der Waals surface area contributed by atoms with E-state index >= 15 is 0 Å². The molecule has 1 aliphatic heterocycles. The molecule has 0 aliphatic carbocycles. The molecule has 0 bridgehead atoms. The van der Waals surface area contributed by atoms with Gasteiger partial charge in [-0.05, 0) is 23.9 Å². The second-order valence-electron chi connectivity index (χ2n) is 4.36. The number of hydrogen-bond acceptors (Lipinski definition) is 4. The molecule has 1 aromatic carbocycles. The molecule has 2 aromatic rings. The van der Waals surface area contributed by atoms with Gasteiger partial charge in [-0.15, -0.1) is 11.3 Å². The Morgan fingerprint density at radius 3 is 2.68 bits per heavy atom. The predicted molar refractivity (Wildman–Crippen MR) is 78.8 cm³/mol. The molecular formula is C14H14ClNO2S. The molecular weight excluding hydrogens is 282 g/mol. The molecule has 1 aromatic heterocycles. The van der Waals surface area contributed by atoms with Crippen LogP contribution in [0.1, 0.15) is 10.4 Å². The molecule has 3 rings (SSSR count). The van der Waals surface area contributed by atoms with Crippen LogP contribution >= 0.6 is 22.9 Å². The van der Waals surface area contributed by atoms with Gasteiger partial charge in [-0.1, -0.05) is 11.6 Å². The van der Waals surface area contributed by atoms with Crippen LogP contribution in [-0.4, -0.2) is 13.2 Å². The quantitative estimate of drug-likeness (QED) is 0.925. The lowest BCUT2D eigenvalue weighted by Gasteiger charge is -2.20. The zero-order chi connectivity index (χ0) is 13.2. The molecule has 2 heterocycles. The number of aryl methyl sites for hydroxylation is 1. The van der Waals surface area contributed by atoms with Crippen LogP contribution in [0.3, 0.4) is 0 Å². The summed E-state index contributed by atoms with van der Waals surface area (Å²) < 4.78 is 11.1. The molecule has 0 saturated heterocycles. The first-order valence-electron chi connectivity index (χ1n) is 6.10. The molecule has 0 fully saturated rings. The minimum Gasteiger partial charge on any atom is -0.486 e. The summed E-state index contributed by atoms with van der Waals surface area (Å²) >= 11 is 7.99. The summed E-state index contributed by atoms with van der Waals surface area (Å²) in [5.41, 5.74) is 2.17. The maximum absolute atomic E-state index is 6.25.